The third-order valence-corrected chi connectivity index (χ3v) is 5.26. The van der Waals surface area contributed by atoms with Crippen molar-refractivity contribution in [1.82, 2.24) is 14.7 Å². The molecule has 1 aromatic heterocycles. The topological polar surface area (TPSA) is 64.4 Å². The molecular formula is C21H26ClN3O3. The molecule has 7 heteroatoms. The summed E-state index contributed by atoms with van der Waals surface area (Å²) in [6.07, 6.45) is 1.39. The Kier molecular flexibility index (Phi) is 6.08. The number of carbonyl (C=O) groups is 1. The highest BCUT2D eigenvalue weighted by Gasteiger charge is 2.26. The highest BCUT2D eigenvalue weighted by Crippen LogP contribution is 2.25. The van der Waals surface area contributed by atoms with E-state index in [0.717, 1.165) is 5.69 Å². The van der Waals surface area contributed by atoms with E-state index in [1.807, 2.05) is 12.1 Å². The standard InChI is InChI=1S/C21H26ClN3O3/c1-21(2,3)18-8-9-19(26)25(23-18)15-10-12-24(13-11-15)20(27)14-28-17-7-5-4-6-16(17)22/h4-9,15H,10-14H2,1-3H3. The molecule has 3 rings (SSSR count). The van der Waals surface area contributed by atoms with E-state index in [1.54, 1.807) is 33.8 Å². The lowest BCUT2D eigenvalue weighted by atomic mass is 9.92. The molecule has 6 nitrogen and oxygen atoms in total. The lowest BCUT2D eigenvalue weighted by Crippen LogP contribution is -2.43. The molecule has 0 atom stereocenters. The average molecular weight is 404 g/mol. The van der Waals surface area contributed by atoms with Crippen LogP contribution in [0.4, 0.5) is 0 Å². The first-order valence-corrected chi connectivity index (χ1v) is 9.89. The molecule has 0 saturated carbocycles. The van der Waals surface area contributed by atoms with Crippen LogP contribution in [0, 0.1) is 0 Å². The highest BCUT2D eigenvalue weighted by molar-refractivity contribution is 6.32. The molecule has 1 aliphatic heterocycles. The SMILES string of the molecule is CC(C)(C)c1ccc(=O)n(C2CCN(C(=O)COc3ccccc3Cl)CC2)n1. The molecule has 150 valence electrons. The quantitative estimate of drug-likeness (QED) is 0.784. The molecule has 0 N–H and O–H groups in total. The zero-order chi connectivity index (χ0) is 20.3. The van der Waals surface area contributed by atoms with Gasteiger partial charge in [0.15, 0.2) is 6.61 Å². The second-order valence-electron chi connectivity index (χ2n) is 8.08. The van der Waals surface area contributed by atoms with E-state index in [4.69, 9.17) is 16.3 Å². The maximum Gasteiger partial charge on any atom is 0.267 e. The number of halogens is 1. The Balaban J connectivity index is 1.59. The van der Waals surface area contributed by atoms with Gasteiger partial charge < -0.3 is 9.64 Å². The number of rotatable bonds is 4. The lowest BCUT2D eigenvalue weighted by molar-refractivity contribution is -0.134. The van der Waals surface area contributed by atoms with Gasteiger partial charge in [0, 0.05) is 24.6 Å². The summed E-state index contributed by atoms with van der Waals surface area (Å²) in [6, 6.07) is 10.5. The van der Waals surface area contributed by atoms with Gasteiger partial charge in [0.05, 0.1) is 16.8 Å². The van der Waals surface area contributed by atoms with Gasteiger partial charge in [0.25, 0.3) is 11.5 Å². The number of aromatic nitrogens is 2. The molecule has 1 fully saturated rings. The molecular weight excluding hydrogens is 378 g/mol. The summed E-state index contributed by atoms with van der Waals surface area (Å²) in [5.74, 6) is 0.421. The van der Waals surface area contributed by atoms with Gasteiger partial charge in [-0.3, -0.25) is 9.59 Å². The minimum Gasteiger partial charge on any atom is -0.482 e. The van der Waals surface area contributed by atoms with Gasteiger partial charge >= 0.3 is 0 Å². The molecule has 0 bridgehead atoms. The predicted octanol–water partition coefficient (Wildman–Crippen LogP) is 3.44. The van der Waals surface area contributed by atoms with Crippen molar-refractivity contribution in [3.63, 3.8) is 0 Å². The molecule has 28 heavy (non-hydrogen) atoms. The van der Waals surface area contributed by atoms with E-state index < -0.39 is 0 Å². The second kappa shape index (κ2) is 8.35. The van der Waals surface area contributed by atoms with Gasteiger partial charge in [-0.05, 0) is 31.0 Å². The van der Waals surface area contributed by atoms with Gasteiger partial charge in [0.1, 0.15) is 5.75 Å². The zero-order valence-electron chi connectivity index (χ0n) is 16.5. The van der Waals surface area contributed by atoms with Crippen molar-refractivity contribution in [2.45, 2.75) is 45.1 Å². The average Bonchev–Trinajstić information content (AvgIpc) is 2.67. The molecule has 0 aliphatic carbocycles. The monoisotopic (exact) mass is 403 g/mol. The molecule has 1 aromatic carbocycles. The summed E-state index contributed by atoms with van der Waals surface area (Å²) in [5, 5.41) is 5.07. The third-order valence-electron chi connectivity index (χ3n) is 4.94. The molecule has 2 aromatic rings. The Hall–Kier alpha value is -2.34. The van der Waals surface area contributed by atoms with E-state index in [2.05, 4.69) is 25.9 Å². The molecule has 1 saturated heterocycles. The van der Waals surface area contributed by atoms with Gasteiger partial charge in [-0.15, -0.1) is 0 Å². The van der Waals surface area contributed by atoms with Crippen LogP contribution in [-0.4, -0.2) is 40.3 Å². The number of hydrogen-bond donors (Lipinski definition) is 0. The van der Waals surface area contributed by atoms with Gasteiger partial charge in [0.2, 0.25) is 0 Å². The highest BCUT2D eigenvalue weighted by atomic mass is 35.5. The minimum absolute atomic E-state index is 0.00309. The lowest BCUT2D eigenvalue weighted by Gasteiger charge is -2.32. The summed E-state index contributed by atoms with van der Waals surface area (Å²) in [7, 11) is 0. The van der Waals surface area contributed by atoms with Crippen LogP contribution in [0.15, 0.2) is 41.2 Å². The Morgan fingerprint density at radius 3 is 2.50 bits per heavy atom. The summed E-state index contributed by atoms with van der Waals surface area (Å²) >= 11 is 6.05. The normalized spacial score (nSPS) is 15.5. The number of hydrogen-bond acceptors (Lipinski definition) is 4. The fourth-order valence-corrected chi connectivity index (χ4v) is 3.43. The van der Waals surface area contributed by atoms with Crippen molar-refractivity contribution in [2.24, 2.45) is 0 Å². The number of para-hydroxylation sites is 1. The first-order valence-electron chi connectivity index (χ1n) is 9.51. The van der Waals surface area contributed by atoms with Gasteiger partial charge in [-0.25, -0.2) is 4.68 Å². The molecule has 2 heterocycles. The number of benzene rings is 1. The maximum absolute atomic E-state index is 12.5. The summed E-state index contributed by atoms with van der Waals surface area (Å²) in [6.45, 7) is 7.32. The Morgan fingerprint density at radius 1 is 1.18 bits per heavy atom. The van der Waals surface area contributed by atoms with Crippen LogP contribution in [0.3, 0.4) is 0 Å². The van der Waals surface area contributed by atoms with E-state index in [0.29, 0.717) is 36.7 Å². The summed E-state index contributed by atoms with van der Waals surface area (Å²) < 4.78 is 7.13. The van der Waals surface area contributed by atoms with E-state index in [9.17, 15) is 9.59 Å². The predicted molar refractivity (Wildman–Crippen MR) is 109 cm³/mol. The fraction of sp³-hybridized carbons (Fsp3) is 0.476. The van der Waals surface area contributed by atoms with Crippen LogP contribution in [0.1, 0.15) is 45.3 Å². The Morgan fingerprint density at radius 2 is 1.86 bits per heavy atom. The zero-order valence-corrected chi connectivity index (χ0v) is 17.3. The van der Waals surface area contributed by atoms with Crippen LogP contribution in [-0.2, 0) is 10.2 Å². The summed E-state index contributed by atoms with van der Waals surface area (Å²) in [5.41, 5.74) is 0.667. The second-order valence-corrected chi connectivity index (χ2v) is 8.49. The third kappa shape index (κ3) is 4.73. The largest absolute Gasteiger partial charge is 0.482 e. The van der Waals surface area contributed by atoms with Crippen molar-refractivity contribution < 1.29 is 9.53 Å². The Bertz CT molecular complexity index is 896. The van der Waals surface area contributed by atoms with Crippen molar-refractivity contribution >= 4 is 17.5 Å². The van der Waals surface area contributed by atoms with Gasteiger partial charge in [-0.2, -0.15) is 5.10 Å². The van der Waals surface area contributed by atoms with Crippen LogP contribution >= 0.6 is 11.6 Å². The number of ether oxygens (including phenoxy) is 1. The van der Waals surface area contributed by atoms with E-state index >= 15 is 0 Å². The van der Waals surface area contributed by atoms with Crippen LogP contribution < -0.4 is 10.3 Å². The fourth-order valence-electron chi connectivity index (χ4n) is 3.24. The number of piperidine rings is 1. The molecule has 1 amide bonds. The Labute approximate surface area is 170 Å². The van der Waals surface area contributed by atoms with Crippen molar-refractivity contribution in [1.29, 1.82) is 0 Å². The first kappa shape index (κ1) is 20.4. The minimum atomic E-state index is -0.123. The number of likely N-dealkylation sites (tertiary alicyclic amines) is 1. The number of carbonyl (C=O) groups excluding carboxylic acids is 1. The summed E-state index contributed by atoms with van der Waals surface area (Å²) in [4.78, 5) is 26.5. The molecule has 0 spiro atoms. The number of nitrogens with zero attached hydrogens (tertiary/aromatic N) is 3. The molecule has 0 unspecified atom stereocenters. The molecule has 1 aliphatic rings. The van der Waals surface area contributed by atoms with E-state index in [1.165, 1.54) is 0 Å². The van der Waals surface area contributed by atoms with E-state index in [-0.39, 0.29) is 29.5 Å². The van der Waals surface area contributed by atoms with Crippen LogP contribution in [0.25, 0.3) is 0 Å². The smallest absolute Gasteiger partial charge is 0.267 e. The maximum atomic E-state index is 12.5. The van der Waals surface area contributed by atoms with Gasteiger partial charge in [-0.1, -0.05) is 44.5 Å². The van der Waals surface area contributed by atoms with Crippen molar-refractivity contribution in [3.05, 3.63) is 57.5 Å². The van der Waals surface area contributed by atoms with Crippen molar-refractivity contribution in [3.8, 4) is 5.75 Å². The number of amides is 1. The van der Waals surface area contributed by atoms with Crippen molar-refractivity contribution in [2.75, 3.05) is 19.7 Å². The van der Waals surface area contributed by atoms with Crippen LogP contribution in [0.2, 0.25) is 5.02 Å². The first-order chi connectivity index (χ1) is 13.3. The molecule has 0 radical (unpaired) electrons. The van der Waals surface area contributed by atoms with Crippen LogP contribution in [0.5, 0.6) is 5.75 Å².